The fraction of sp³-hybridized carbons (Fsp3) is 0.167. The molecule has 0 bridgehead atoms. The smallest absolute Gasteiger partial charge is 0.244 e. The van der Waals surface area contributed by atoms with E-state index in [0.29, 0.717) is 11.4 Å². The van der Waals surface area contributed by atoms with E-state index in [1.165, 1.54) is 24.5 Å². The van der Waals surface area contributed by atoms with Gasteiger partial charge in [-0.05, 0) is 18.2 Å². The van der Waals surface area contributed by atoms with Gasteiger partial charge in [-0.25, -0.2) is 9.37 Å². The van der Waals surface area contributed by atoms with Gasteiger partial charge in [-0.2, -0.15) is 0 Å². The van der Waals surface area contributed by atoms with Gasteiger partial charge >= 0.3 is 0 Å². The number of aliphatic hydroxyl groups is 1. The molecule has 5 nitrogen and oxygen atoms in total. The largest absolute Gasteiger partial charge is 0.390 e. The number of halogens is 1. The molecule has 0 unspecified atom stereocenters. The van der Waals surface area contributed by atoms with E-state index in [4.69, 9.17) is 5.11 Å². The highest BCUT2D eigenvalue weighted by atomic mass is 19.1. The number of aliphatic hydroxyl groups excluding tert-OH is 1. The minimum Gasteiger partial charge on any atom is -0.390 e. The molecule has 0 aliphatic carbocycles. The second-order valence-corrected chi connectivity index (χ2v) is 3.75. The number of carbonyl (C=O) groups excluding carboxylic acids is 1. The third kappa shape index (κ3) is 3.14. The number of hydrogen-bond acceptors (Lipinski definition) is 3. The highest BCUT2D eigenvalue weighted by Crippen LogP contribution is 2.09. The van der Waals surface area contributed by atoms with Crippen LogP contribution in [0.5, 0.6) is 0 Å². The molecule has 1 amide bonds. The summed E-state index contributed by atoms with van der Waals surface area (Å²) in [6.07, 6.45) is 3.03. The van der Waals surface area contributed by atoms with Crippen LogP contribution in [0.2, 0.25) is 0 Å². The van der Waals surface area contributed by atoms with Gasteiger partial charge in [0, 0.05) is 11.9 Å². The monoisotopic (exact) mass is 249 g/mol. The lowest BCUT2D eigenvalue weighted by Crippen LogP contribution is -2.17. The third-order valence-corrected chi connectivity index (χ3v) is 2.28. The van der Waals surface area contributed by atoms with Crippen molar-refractivity contribution in [1.82, 2.24) is 9.55 Å². The van der Waals surface area contributed by atoms with E-state index in [0.717, 1.165) is 0 Å². The van der Waals surface area contributed by atoms with Crippen LogP contribution < -0.4 is 5.32 Å². The predicted molar refractivity (Wildman–Crippen MR) is 63.2 cm³/mol. The van der Waals surface area contributed by atoms with Crippen LogP contribution in [0.3, 0.4) is 0 Å². The minimum atomic E-state index is -0.405. The van der Waals surface area contributed by atoms with Gasteiger partial charge in [-0.1, -0.05) is 6.07 Å². The Hall–Kier alpha value is -2.21. The van der Waals surface area contributed by atoms with Gasteiger partial charge < -0.3 is 15.0 Å². The predicted octanol–water partition coefficient (Wildman–Crippen LogP) is 1.15. The van der Waals surface area contributed by atoms with Crippen LogP contribution in [-0.2, 0) is 17.9 Å². The number of imidazole rings is 1. The Morgan fingerprint density at radius 3 is 3.00 bits per heavy atom. The Balaban J connectivity index is 1.96. The summed E-state index contributed by atoms with van der Waals surface area (Å²) in [6.45, 7) is -0.109. The summed E-state index contributed by atoms with van der Waals surface area (Å²) in [7, 11) is 0. The molecule has 18 heavy (non-hydrogen) atoms. The van der Waals surface area contributed by atoms with Gasteiger partial charge in [0.25, 0.3) is 0 Å². The lowest BCUT2D eigenvalue weighted by Gasteiger charge is -2.05. The zero-order valence-electron chi connectivity index (χ0n) is 9.51. The molecule has 1 aromatic carbocycles. The number of aromatic nitrogens is 2. The van der Waals surface area contributed by atoms with E-state index in [1.807, 2.05) is 0 Å². The Morgan fingerprint density at radius 1 is 1.50 bits per heavy atom. The number of carbonyl (C=O) groups is 1. The summed E-state index contributed by atoms with van der Waals surface area (Å²) in [4.78, 5) is 15.5. The molecule has 0 aliphatic heterocycles. The Labute approximate surface area is 103 Å². The molecule has 0 aliphatic rings. The summed E-state index contributed by atoms with van der Waals surface area (Å²) < 4.78 is 14.4. The third-order valence-electron chi connectivity index (χ3n) is 2.28. The van der Waals surface area contributed by atoms with Crippen molar-refractivity contribution in [2.75, 3.05) is 5.32 Å². The maximum absolute atomic E-state index is 12.9. The van der Waals surface area contributed by atoms with Crippen molar-refractivity contribution in [3.63, 3.8) is 0 Å². The highest BCUT2D eigenvalue weighted by Gasteiger charge is 2.05. The van der Waals surface area contributed by atoms with E-state index < -0.39 is 5.82 Å². The summed E-state index contributed by atoms with van der Waals surface area (Å²) >= 11 is 0. The molecule has 2 N–H and O–H groups in total. The van der Waals surface area contributed by atoms with E-state index in [-0.39, 0.29) is 19.1 Å². The SMILES string of the molecule is O=C(Cn1cnc(CO)c1)Nc1cccc(F)c1. The van der Waals surface area contributed by atoms with Gasteiger partial charge in [-0.15, -0.1) is 0 Å². The zero-order chi connectivity index (χ0) is 13.0. The van der Waals surface area contributed by atoms with Gasteiger partial charge in [-0.3, -0.25) is 4.79 Å². The molecule has 1 heterocycles. The van der Waals surface area contributed by atoms with Crippen LogP contribution >= 0.6 is 0 Å². The van der Waals surface area contributed by atoms with Gasteiger partial charge in [0.2, 0.25) is 5.91 Å². The molecule has 0 radical (unpaired) electrons. The summed E-state index contributed by atoms with van der Waals surface area (Å²) in [5.74, 6) is -0.694. The first-order chi connectivity index (χ1) is 8.67. The van der Waals surface area contributed by atoms with Crippen molar-refractivity contribution >= 4 is 11.6 Å². The average Bonchev–Trinajstić information content (AvgIpc) is 2.76. The van der Waals surface area contributed by atoms with Crippen LogP contribution in [0.15, 0.2) is 36.8 Å². The van der Waals surface area contributed by atoms with E-state index >= 15 is 0 Å². The number of nitrogens with one attached hydrogen (secondary N) is 1. The molecule has 0 spiro atoms. The number of benzene rings is 1. The normalized spacial score (nSPS) is 10.3. The summed E-state index contributed by atoms with van der Waals surface area (Å²) in [5.41, 5.74) is 0.899. The molecule has 0 atom stereocenters. The quantitative estimate of drug-likeness (QED) is 0.854. The second-order valence-electron chi connectivity index (χ2n) is 3.75. The number of anilines is 1. The first-order valence-electron chi connectivity index (χ1n) is 5.34. The van der Waals surface area contributed by atoms with Crippen LogP contribution in [0, 0.1) is 5.82 Å². The lowest BCUT2D eigenvalue weighted by molar-refractivity contribution is -0.116. The van der Waals surface area contributed by atoms with E-state index in [1.54, 1.807) is 16.8 Å². The first kappa shape index (κ1) is 12.3. The first-order valence-corrected chi connectivity index (χ1v) is 5.34. The summed E-state index contributed by atoms with van der Waals surface area (Å²) in [6, 6.07) is 5.67. The molecule has 2 aromatic rings. The number of hydrogen-bond donors (Lipinski definition) is 2. The van der Waals surface area contributed by atoms with Crippen molar-refractivity contribution in [2.45, 2.75) is 13.2 Å². The van der Waals surface area contributed by atoms with Crippen molar-refractivity contribution in [2.24, 2.45) is 0 Å². The number of amides is 1. The topological polar surface area (TPSA) is 67.2 Å². The molecule has 0 saturated heterocycles. The van der Waals surface area contributed by atoms with Crippen LogP contribution in [0.25, 0.3) is 0 Å². The van der Waals surface area contributed by atoms with Gasteiger partial charge in [0.15, 0.2) is 0 Å². The Kier molecular flexibility index (Phi) is 3.69. The highest BCUT2D eigenvalue weighted by molar-refractivity contribution is 5.90. The molecule has 2 rings (SSSR count). The number of nitrogens with zero attached hydrogens (tertiary/aromatic N) is 2. The van der Waals surface area contributed by atoms with Gasteiger partial charge in [0.05, 0.1) is 18.6 Å². The van der Waals surface area contributed by atoms with Crippen molar-refractivity contribution < 1.29 is 14.3 Å². The standard InChI is InChI=1S/C12H12FN3O2/c13-9-2-1-3-10(4-9)15-12(18)6-16-5-11(7-17)14-8-16/h1-5,8,17H,6-7H2,(H,15,18). The second kappa shape index (κ2) is 5.42. The van der Waals surface area contributed by atoms with E-state index in [9.17, 15) is 9.18 Å². The van der Waals surface area contributed by atoms with Crippen LogP contribution in [0.1, 0.15) is 5.69 Å². The Bertz CT molecular complexity index is 554. The molecular weight excluding hydrogens is 237 g/mol. The number of rotatable bonds is 4. The molecule has 6 heteroatoms. The van der Waals surface area contributed by atoms with Gasteiger partial charge in [0.1, 0.15) is 12.4 Å². The fourth-order valence-corrected chi connectivity index (χ4v) is 1.51. The molecule has 0 saturated carbocycles. The molecule has 94 valence electrons. The summed E-state index contributed by atoms with van der Waals surface area (Å²) in [5, 5.41) is 11.4. The van der Waals surface area contributed by atoms with Crippen LogP contribution in [-0.4, -0.2) is 20.6 Å². The maximum Gasteiger partial charge on any atom is 0.244 e. The fourth-order valence-electron chi connectivity index (χ4n) is 1.51. The van der Waals surface area contributed by atoms with Crippen molar-refractivity contribution in [3.8, 4) is 0 Å². The zero-order valence-corrected chi connectivity index (χ0v) is 9.51. The average molecular weight is 249 g/mol. The van der Waals surface area contributed by atoms with Crippen LogP contribution in [0.4, 0.5) is 10.1 Å². The molecule has 0 fully saturated rings. The van der Waals surface area contributed by atoms with E-state index in [2.05, 4.69) is 10.3 Å². The Morgan fingerprint density at radius 2 is 2.33 bits per heavy atom. The minimum absolute atomic E-state index is 0.0590. The lowest BCUT2D eigenvalue weighted by atomic mass is 10.3. The molecule has 1 aromatic heterocycles. The maximum atomic E-state index is 12.9. The van der Waals surface area contributed by atoms with Crippen molar-refractivity contribution in [3.05, 3.63) is 48.3 Å². The van der Waals surface area contributed by atoms with Crippen molar-refractivity contribution in [1.29, 1.82) is 0 Å². The molecular formula is C12H12FN3O2.